The Balaban J connectivity index is 4.57. The van der Waals surface area contributed by atoms with E-state index in [1.54, 1.807) is 12.2 Å². The Morgan fingerprint density at radius 2 is 1.92 bits per heavy atom. The molecule has 1 unspecified atom stereocenters. The topological polar surface area (TPSA) is 29.1 Å². The van der Waals surface area contributed by atoms with E-state index in [9.17, 15) is 4.21 Å². The van der Waals surface area contributed by atoms with Gasteiger partial charge in [0.15, 0.2) is 0 Å². The highest BCUT2D eigenvalue weighted by atomic mass is 32.2. The summed E-state index contributed by atoms with van der Waals surface area (Å²) in [5.74, 6) is 0. The van der Waals surface area contributed by atoms with Crippen LogP contribution in [0.5, 0.6) is 0 Å². The molecule has 74 valence electrons. The maximum atomic E-state index is 11.4. The number of allylic oxidation sites excluding steroid dienone is 3. The first-order chi connectivity index (χ1) is 6.02. The Morgan fingerprint density at radius 3 is 2.23 bits per heavy atom. The van der Waals surface area contributed by atoms with E-state index >= 15 is 0 Å². The molecule has 2 nitrogen and oxygen atoms in total. The van der Waals surface area contributed by atoms with Crippen molar-refractivity contribution in [2.45, 2.75) is 26.0 Å². The molecule has 0 aliphatic carbocycles. The second kappa shape index (κ2) is 5.75. The van der Waals surface area contributed by atoms with Crippen molar-refractivity contribution < 1.29 is 4.21 Å². The molecule has 0 radical (unpaired) electrons. The fourth-order valence-corrected chi connectivity index (χ4v) is 1.32. The molecule has 0 aromatic heterocycles. The summed E-state index contributed by atoms with van der Waals surface area (Å²) in [5, 5.41) is 0.0903. The lowest BCUT2D eigenvalue weighted by Crippen LogP contribution is -2.23. The average Bonchev–Trinajstić information content (AvgIpc) is 2.12. The fourth-order valence-electron chi connectivity index (χ4n) is 0.619. The Hall–Kier alpha value is -0.830. The van der Waals surface area contributed by atoms with Gasteiger partial charge >= 0.3 is 0 Å². The lowest BCUT2D eigenvalue weighted by atomic mass is 10.2. The first kappa shape index (κ1) is 12.2. The van der Waals surface area contributed by atoms with Gasteiger partial charge in [-0.3, -0.25) is 0 Å². The first-order valence-corrected chi connectivity index (χ1v) is 5.37. The summed E-state index contributed by atoms with van der Waals surface area (Å²) in [5.41, 5.74) is 1.73. The molecular weight excluding hydrogens is 182 g/mol. The second-order valence-electron chi connectivity index (χ2n) is 2.95. The van der Waals surface area contributed by atoms with Crippen LogP contribution in [0.4, 0.5) is 0 Å². The van der Waals surface area contributed by atoms with E-state index < -0.39 is 11.0 Å². The highest BCUT2D eigenvalue weighted by Gasteiger charge is 2.05. The molecule has 0 aliphatic rings. The summed E-state index contributed by atoms with van der Waals surface area (Å²) in [7, 11) is -1.05. The maximum absolute atomic E-state index is 11.4. The zero-order chi connectivity index (χ0) is 10.4. The van der Waals surface area contributed by atoms with Gasteiger partial charge in [-0.25, -0.2) is 4.21 Å². The van der Waals surface area contributed by atoms with Crippen molar-refractivity contribution in [3.8, 4) is 0 Å². The zero-order valence-electron chi connectivity index (χ0n) is 8.46. The van der Waals surface area contributed by atoms with E-state index in [0.717, 1.165) is 11.3 Å². The van der Waals surface area contributed by atoms with E-state index in [1.165, 1.54) is 0 Å². The van der Waals surface area contributed by atoms with Gasteiger partial charge < -0.3 is 4.72 Å². The third-order valence-electron chi connectivity index (χ3n) is 1.57. The van der Waals surface area contributed by atoms with E-state index in [2.05, 4.69) is 17.9 Å². The van der Waals surface area contributed by atoms with Crippen LogP contribution in [0.2, 0.25) is 0 Å². The van der Waals surface area contributed by atoms with Crippen molar-refractivity contribution in [3.05, 3.63) is 36.6 Å². The van der Waals surface area contributed by atoms with Gasteiger partial charge in [-0.2, -0.15) is 0 Å². The Morgan fingerprint density at radius 1 is 1.38 bits per heavy atom. The SMILES string of the molecule is C=C/C(C)=C(\C=C)NS(=O)C(C)C. The van der Waals surface area contributed by atoms with Crippen LogP contribution in [-0.2, 0) is 11.0 Å². The van der Waals surface area contributed by atoms with Gasteiger partial charge in [-0.1, -0.05) is 19.2 Å². The number of nitrogens with one attached hydrogen (secondary N) is 1. The maximum Gasteiger partial charge on any atom is 0.119 e. The minimum absolute atomic E-state index is 0.0903. The number of rotatable bonds is 5. The largest absolute Gasteiger partial charge is 0.305 e. The third kappa shape index (κ3) is 4.08. The Labute approximate surface area is 83.0 Å². The average molecular weight is 199 g/mol. The van der Waals surface area contributed by atoms with Gasteiger partial charge in [0.25, 0.3) is 0 Å². The highest BCUT2D eigenvalue weighted by molar-refractivity contribution is 7.83. The van der Waals surface area contributed by atoms with Crippen LogP contribution >= 0.6 is 0 Å². The zero-order valence-corrected chi connectivity index (χ0v) is 9.28. The second-order valence-corrected chi connectivity index (χ2v) is 4.69. The van der Waals surface area contributed by atoms with Crippen LogP contribution in [0.1, 0.15) is 20.8 Å². The van der Waals surface area contributed by atoms with E-state index in [-0.39, 0.29) is 5.25 Å². The summed E-state index contributed by atoms with van der Waals surface area (Å²) in [4.78, 5) is 0. The summed E-state index contributed by atoms with van der Waals surface area (Å²) in [6, 6.07) is 0. The molecule has 0 aliphatic heterocycles. The van der Waals surface area contributed by atoms with Crippen molar-refractivity contribution in [1.82, 2.24) is 4.72 Å². The molecule has 13 heavy (non-hydrogen) atoms. The molecule has 0 aromatic carbocycles. The number of hydrogen-bond acceptors (Lipinski definition) is 1. The van der Waals surface area contributed by atoms with E-state index in [0.29, 0.717) is 0 Å². The van der Waals surface area contributed by atoms with Crippen molar-refractivity contribution in [3.63, 3.8) is 0 Å². The van der Waals surface area contributed by atoms with Crippen LogP contribution in [0.25, 0.3) is 0 Å². The van der Waals surface area contributed by atoms with Gasteiger partial charge in [0.2, 0.25) is 0 Å². The summed E-state index contributed by atoms with van der Waals surface area (Å²) < 4.78 is 14.3. The van der Waals surface area contributed by atoms with Crippen LogP contribution in [0.3, 0.4) is 0 Å². The number of hydrogen-bond donors (Lipinski definition) is 1. The van der Waals surface area contributed by atoms with Gasteiger partial charge in [0.1, 0.15) is 11.0 Å². The van der Waals surface area contributed by atoms with Crippen LogP contribution in [0, 0.1) is 0 Å². The molecule has 0 bridgehead atoms. The minimum atomic E-state index is -1.05. The molecule has 3 heteroatoms. The smallest absolute Gasteiger partial charge is 0.119 e. The summed E-state index contributed by atoms with van der Waals surface area (Å²) in [6.45, 7) is 13.0. The van der Waals surface area contributed by atoms with Crippen LogP contribution in [0.15, 0.2) is 36.6 Å². The summed E-state index contributed by atoms with van der Waals surface area (Å²) in [6.07, 6.45) is 3.36. The predicted octanol–water partition coefficient (Wildman–Crippen LogP) is 2.29. The van der Waals surface area contributed by atoms with E-state index in [1.807, 2.05) is 20.8 Å². The first-order valence-electron chi connectivity index (χ1n) is 4.16. The van der Waals surface area contributed by atoms with Gasteiger partial charge in [-0.05, 0) is 32.4 Å². The molecule has 0 aromatic rings. The van der Waals surface area contributed by atoms with Gasteiger partial charge in [0.05, 0.1) is 0 Å². The van der Waals surface area contributed by atoms with Crippen molar-refractivity contribution in [1.29, 1.82) is 0 Å². The molecule has 0 spiro atoms. The fraction of sp³-hybridized carbons (Fsp3) is 0.400. The monoisotopic (exact) mass is 199 g/mol. The Kier molecular flexibility index (Phi) is 5.39. The van der Waals surface area contributed by atoms with Crippen LogP contribution < -0.4 is 4.72 Å². The van der Waals surface area contributed by atoms with Gasteiger partial charge in [-0.15, -0.1) is 0 Å². The molecule has 1 atom stereocenters. The molecule has 0 saturated heterocycles. The normalized spacial score (nSPS) is 14.8. The minimum Gasteiger partial charge on any atom is -0.305 e. The highest BCUT2D eigenvalue weighted by Crippen LogP contribution is 2.04. The summed E-state index contributed by atoms with van der Waals surface area (Å²) >= 11 is 0. The lowest BCUT2D eigenvalue weighted by Gasteiger charge is -2.10. The molecule has 0 fully saturated rings. The molecule has 1 N–H and O–H groups in total. The van der Waals surface area contributed by atoms with Crippen molar-refractivity contribution in [2.75, 3.05) is 0 Å². The molecule has 0 amide bonds. The Bertz CT molecular complexity index is 254. The molecule has 0 rings (SSSR count). The predicted molar refractivity (Wildman–Crippen MR) is 59.5 cm³/mol. The van der Waals surface area contributed by atoms with Crippen molar-refractivity contribution in [2.24, 2.45) is 0 Å². The van der Waals surface area contributed by atoms with E-state index in [4.69, 9.17) is 0 Å². The third-order valence-corrected chi connectivity index (χ3v) is 2.85. The quantitative estimate of drug-likeness (QED) is 0.676. The lowest BCUT2D eigenvalue weighted by molar-refractivity contribution is 0.671. The molecule has 0 heterocycles. The molecule has 0 saturated carbocycles. The van der Waals surface area contributed by atoms with Gasteiger partial charge in [0, 0.05) is 10.9 Å². The standard InChI is InChI=1S/C10H17NOS/c1-6-9(5)10(7-2)11-13(12)8(3)4/h6-8,11H,1-2H2,3-5H3/b10-9+. The van der Waals surface area contributed by atoms with Crippen molar-refractivity contribution >= 4 is 11.0 Å². The van der Waals surface area contributed by atoms with Crippen LogP contribution in [-0.4, -0.2) is 9.46 Å². The molecular formula is C10H17NOS.